The summed E-state index contributed by atoms with van der Waals surface area (Å²) in [7, 11) is 0. The SMILES string of the molecule is NC1=NC(c2cccc(Br)c2)=CC1. The molecular weight excluding hydrogens is 228 g/mol. The number of amidine groups is 1. The van der Waals surface area contributed by atoms with Gasteiger partial charge in [-0.15, -0.1) is 0 Å². The summed E-state index contributed by atoms with van der Waals surface area (Å²) in [6.07, 6.45) is 2.80. The van der Waals surface area contributed by atoms with E-state index in [-0.39, 0.29) is 0 Å². The Morgan fingerprint density at radius 1 is 1.38 bits per heavy atom. The Hall–Kier alpha value is -1.09. The second-order valence-corrected chi connectivity index (χ2v) is 3.82. The van der Waals surface area contributed by atoms with E-state index in [1.54, 1.807) is 0 Å². The molecule has 0 saturated heterocycles. The molecule has 1 aromatic carbocycles. The first-order valence-corrected chi connectivity index (χ1v) is 4.84. The lowest BCUT2D eigenvalue weighted by molar-refractivity contribution is 1.45. The van der Waals surface area contributed by atoms with Gasteiger partial charge in [-0.3, -0.25) is 0 Å². The smallest absolute Gasteiger partial charge is 0.104 e. The van der Waals surface area contributed by atoms with Gasteiger partial charge in [0.05, 0.1) is 5.70 Å². The lowest BCUT2D eigenvalue weighted by Crippen LogP contribution is -2.06. The van der Waals surface area contributed by atoms with Gasteiger partial charge in [-0.1, -0.05) is 34.1 Å². The van der Waals surface area contributed by atoms with E-state index in [1.165, 1.54) is 0 Å². The van der Waals surface area contributed by atoms with Crippen LogP contribution in [0.5, 0.6) is 0 Å². The van der Waals surface area contributed by atoms with E-state index in [9.17, 15) is 0 Å². The molecule has 0 aromatic heterocycles. The van der Waals surface area contributed by atoms with Gasteiger partial charge in [-0.25, -0.2) is 4.99 Å². The highest BCUT2D eigenvalue weighted by molar-refractivity contribution is 9.10. The molecule has 2 rings (SSSR count). The molecule has 0 atom stereocenters. The number of aliphatic imine (C=N–C) groups is 1. The zero-order valence-corrected chi connectivity index (χ0v) is 8.58. The van der Waals surface area contributed by atoms with Crippen LogP contribution in [0.4, 0.5) is 0 Å². The van der Waals surface area contributed by atoms with E-state index >= 15 is 0 Å². The Morgan fingerprint density at radius 2 is 2.23 bits per heavy atom. The molecule has 2 nitrogen and oxygen atoms in total. The van der Waals surface area contributed by atoms with Gasteiger partial charge in [0.2, 0.25) is 0 Å². The highest BCUT2D eigenvalue weighted by atomic mass is 79.9. The van der Waals surface area contributed by atoms with Crippen LogP contribution in [-0.4, -0.2) is 5.84 Å². The van der Waals surface area contributed by atoms with Gasteiger partial charge in [0.25, 0.3) is 0 Å². The number of nitrogens with two attached hydrogens (primary N) is 1. The fraction of sp³-hybridized carbons (Fsp3) is 0.100. The van der Waals surface area contributed by atoms with Gasteiger partial charge in [0, 0.05) is 16.5 Å². The third kappa shape index (κ3) is 1.80. The van der Waals surface area contributed by atoms with Crippen LogP contribution in [-0.2, 0) is 0 Å². The summed E-state index contributed by atoms with van der Waals surface area (Å²) in [5, 5.41) is 0. The number of halogens is 1. The molecule has 3 heteroatoms. The standard InChI is InChI=1S/C10H9BrN2/c11-8-3-1-2-7(6-8)9-4-5-10(12)13-9/h1-4,6H,5H2,(H2,12,13). The zero-order valence-electron chi connectivity index (χ0n) is 7.00. The van der Waals surface area contributed by atoms with E-state index in [0.717, 1.165) is 22.2 Å². The van der Waals surface area contributed by atoms with Crippen molar-refractivity contribution >= 4 is 27.5 Å². The number of benzene rings is 1. The molecule has 1 aromatic rings. The first-order valence-electron chi connectivity index (χ1n) is 4.05. The van der Waals surface area contributed by atoms with Crippen LogP contribution in [0.3, 0.4) is 0 Å². The zero-order chi connectivity index (χ0) is 9.26. The molecule has 0 aliphatic carbocycles. The number of hydrogen-bond donors (Lipinski definition) is 1. The molecule has 1 aliphatic heterocycles. The number of hydrogen-bond acceptors (Lipinski definition) is 2. The molecule has 0 unspecified atom stereocenters. The predicted octanol–water partition coefficient (Wildman–Crippen LogP) is 2.55. The molecular formula is C10H9BrN2. The van der Waals surface area contributed by atoms with Crippen molar-refractivity contribution in [2.75, 3.05) is 0 Å². The first-order chi connectivity index (χ1) is 6.25. The minimum Gasteiger partial charge on any atom is -0.387 e. The quantitative estimate of drug-likeness (QED) is 0.800. The fourth-order valence-electron chi connectivity index (χ4n) is 1.28. The Labute approximate surface area is 85.3 Å². The van der Waals surface area contributed by atoms with Gasteiger partial charge < -0.3 is 5.73 Å². The van der Waals surface area contributed by atoms with Crippen molar-refractivity contribution in [2.24, 2.45) is 10.7 Å². The summed E-state index contributed by atoms with van der Waals surface area (Å²) in [5.74, 6) is 0.690. The molecule has 0 radical (unpaired) electrons. The lowest BCUT2D eigenvalue weighted by atomic mass is 10.1. The van der Waals surface area contributed by atoms with Crippen molar-refractivity contribution in [1.29, 1.82) is 0 Å². The average molecular weight is 237 g/mol. The maximum Gasteiger partial charge on any atom is 0.104 e. The minimum atomic E-state index is 0.690. The number of nitrogens with zero attached hydrogens (tertiary/aromatic N) is 1. The van der Waals surface area contributed by atoms with Gasteiger partial charge in [0.15, 0.2) is 0 Å². The highest BCUT2D eigenvalue weighted by Crippen LogP contribution is 2.23. The molecule has 0 saturated carbocycles. The van der Waals surface area contributed by atoms with Crippen LogP contribution in [0.15, 0.2) is 39.8 Å². The summed E-state index contributed by atoms with van der Waals surface area (Å²) in [6.45, 7) is 0. The third-order valence-electron chi connectivity index (χ3n) is 1.89. The van der Waals surface area contributed by atoms with Crippen molar-refractivity contribution in [1.82, 2.24) is 0 Å². The largest absolute Gasteiger partial charge is 0.387 e. The molecule has 1 heterocycles. The van der Waals surface area contributed by atoms with E-state index in [1.807, 2.05) is 30.3 Å². The van der Waals surface area contributed by atoms with E-state index in [2.05, 4.69) is 20.9 Å². The van der Waals surface area contributed by atoms with Crippen molar-refractivity contribution < 1.29 is 0 Å². The van der Waals surface area contributed by atoms with Crippen LogP contribution < -0.4 is 5.73 Å². The van der Waals surface area contributed by atoms with Gasteiger partial charge in [-0.2, -0.15) is 0 Å². The van der Waals surface area contributed by atoms with E-state index < -0.39 is 0 Å². The topological polar surface area (TPSA) is 38.4 Å². The average Bonchev–Trinajstić information content (AvgIpc) is 2.52. The Morgan fingerprint density at radius 3 is 2.85 bits per heavy atom. The Bertz CT molecular complexity index is 394. The monoisotopic (exact) mass is 236 g/mol. The predicted molar refractivity (Wildman–Crippen MR) is 58.4 cm³/mol. The highest BCUT2D eigenvalue weighted by Gasteiger charge is 2.07. The van der Waals surface area contributed by atoms with Gasteiger partial charge in [0.1, 0.15) is 5.84 Å². The first kappa shape index (κ1) is 8.51. The second kappa shape index (κ2) is 3.34. The summed E-state index contributed by atoms with van der Waals surface area (Å²) in [6, 6.07) is 8.04. The van der Waals surface area contributed by atoms with Gasteiger partial charge in [-0.05, 0) is 12.1 Å². The maximum atomic E-state index is 5.59. The van der Waals surface area contributed by atoms with E-state index in [0.29, 0.717) is 5.84 Å². The van der Waals surface area contributed by atoms with Crippen LogP contribution in [0.2, 0.25) is 0 Å². The summed E-state index contributed by atoms with van der Waals surface area (Å²) < 4.78 is 1.06. The van der Waals surface area contributed by atoms with Crippen molar-refractivity contribution in [3.63, 3.8) is 0 Å². The minimum absolute atomic E-state index is 0.690. The van der Waals surface area contributed by atoms with E-state index in [4.69, 9.17) is 5.73 Å². The molecule has 0 spiro atoms. The molecule has 0 bridgehead atoms. The molecule has 1 aliphatic rings. The molecule has 13 heavy (non-hydrogen) atoms. The summed E-state index contributed by atoms with van der Waals surface area (Å²) in [4.78, 5) is 4.23. The molecule has 2 N–H and O–H groups in total. The van der Waals surface area contributed by atoms with Crippen molar-refractivity contribution in [3.8, 4) is 0 Å². The molecule has 66 valence electrons. The molecule has 0 amide bonds. The third-order valence-corrected chi connectivity index (χ3v) is 2.38. The van der Waals surface area contributed by atoms with Crippen LogP contribution in [0, 0.1) is 0 Å². The Balaban J connectivity index is 2.37. The normalized spacial score (nSPS) is 15.5. The van der Waals surface area contributed by atoms with Crippen LogP contribution in [0.1, 0.15) is 12.0 Å². The van der Waals surface area contributed by atoms with Crippen molar-refractivity contribution in [3.05, 3.63) is 40.4 Å². The lowest BCUT2D eigenvalue weighted by Gasteiger charge is -1.98. The van der Waals surface area contributed by atoms with Crippen LogP contribution >= 0.6 is 15.9 Å². The van der Waals surface area contributed by atoms with Gasteiger partial charge >= 0.3 is 0 Å². The summed E-state index contributed by atoms with van der Waals surface area (Å²) in [5.41, 5.74) is 7.66. The maximum absolute atomic E-state index is 5.59. The fourth-order valence-corrected chi connectivity index (χ4v) is 1.68. The van der Waals surface area contributed by atoms with Crippen molar-refractivity contribution in [2.45, 2.75) is 6.42 Å². The summed E-state index contributed by atoms with van der Waals surface area (Å²) >= 11 is 3.42. The molecule has 0 fully saturated rings. The van der Waals surface area contributed by atoms with Crippen LogP contribution in [0.25, 0.3) is 5.70 Å². The Kier molecular flexibility index (Phi) is 2.19. The second-order valence-electron chi connectivity index (χ2n) is 2.91. The number of rotatable bonds is 1.